The number of carbonyl (C=O) groups excluding carboxylic acids is 2. The molecule has 2 aromatic carbocycles. The highest BCUT2D eigenvalue weighted by Gasteiger charge is 2.41. The molecule has 0 aliphatic carbocycles. The Hall–Kier alpha value is -3.23. The Kier molecular flexibility index (Phi) is 5.40. The van der Waals surface area contributed by atoms with Crippen molar-refractivity contribution in [3.8, 4) is 11.3 Å². The summed E-state index contributed by atoms with van der Waals surface area (Å²) in [6.07, 6.45) is 1.29. The number of rotatable bonds is 4. The first kappa shape index (κ1) is 20.7. The van der Waals surface area contributed by atoms with E-state index in [0.29, 0.717) is 56.0 Å². The number of likely N-dealkylation sites (tertiary alicyclic amines) is 1. The molecule has 2 aliphatic heterocycles. The molecule has 166 valence electrons. The Morgan fingerprint density at radius 2 is 1.78 bits per heavy atom. The molecule has 8 nitrogen and oxygen atoms in total. The van der Waals surface area contributed by atoms with Crippen molar-refractivity contribution in [1.29, 1.82) is 0 Å². The highest BCUT2D eigenvalue weighted by atomic mass is 16.7. The molecule has 1 aromatic heterocycles. The number of nitrogens with one attached hydrogen (secondary N) is 1. The number of fused-ring (bicyclic) bond motifs is 1. The van der Waals surface area contributed by atoms with Crippen LogP contribution in [0.1, 0.15) is 30.1 Å². The number of nitrogens with zero attached hydrogens (tertiary/aromatic N) is 2. The van der Waals surface area contributed by atoms with E-state index in [1.165, 1.54) is 0 Å². The molecule has 1 atom stereocenters. The van der Waals surface area contributed by atoms with Gasteiger partial charge in [-0.1, -0.05) is 35.5 Å². The van der Waals surface area contributed by atoms with Crippen molar-refractivity contribution >= 4 is 22.7 Å². The van der Waals surface area contributed by atoms with Crippen LogP contribution in [0.3, 0.4) is 0 Å². The predicted octanol–water partition coefficient (Wildman–Crippen LogP) is 2.98. The molecule has 0 radical (unpaired) electrons. The van der Waals surface area contributed by atoms with Crippen molar-refractivity contribution in [2.24, 2.45) is 0 Å². The Balaban J connectivity index is 1.27. The molecular weight excluding hydrogens is 410 g/mol. The van der Waals surface area contributed by atoms with E-state index in [-0.39, 0.29) is 11.8 Å². The fourth-order valence-corrected chi connectivity index (χ4v) is 4.35. The minimum Gasteiger partial charge on any atom is -0.355 e. The van der Waals surface area contributed by atoms with Gasteiger partial charge in [-0.05, 0) is 25.1 Å². The number of ether oxygens (including phenoxy) is 2. The number of benzene rings is 2. The summed E-state index contributed by atoms with van der Waals surface area (Å²) >= 11 is 0. The van der Waals surface area contributed by atoms with E-state index >= 15 is 0 Å². The predicted molar refractivity (Wildman–Crippen MR) is 117 cm³/mol. The lowest BCUT2D eigenvalue weighted by molar-refractivity contribution is -0.187. The summed E-state index contributed by atoms with van der Waals surface area (Å²) in [5, 5.41) is 7.67. The number of aromatic nitrogens is 1. The smallest absolute Gasteiger partial charge is 0.251 e. The number of hydrogen-bond acceptors (Lipinski definition) is 6. The van der Waals surface area contributed by atoms with Crippen molar-refractivity contribution in [2.45, 2.75) is 31.6 Å². The molecule has 0 bridgehead atoms. The van der Waals surface area contributed by atoms with Crippen LogP contribution in [0.2, 0.25) is 0 Å². The lowest BCUT2D eigenvalue weighted by atomic mass is 10.0. The summed E-state index contributed by atoms with van der Waals surface area (Å²) in [7, 11) is 0. The fraction of sp³-hybridized carbons (Fsp3) is 0.375. The monoisotopic (exact) mass is 435 g/mol. The number of hydrogen-bond donors (Lipinski definition) is 1. The summed E-state index contributed by atoms with van der Waals surface area (Å²) in [5.74, 6) is -0.350. The molecule has 2 amide bonds. The normalized spacial score (nSPS) is 18.7. The number of piperidine rings is 1. The van der Waals surface area contributed by atoms with Crippen LogP contribution in [-0.2, 0) is 14.3 Å². The van der Waals surface area contributed by atoms with Gasteiger partial charge in [-0.3, -0.25) is 9.59 Å². The van der Waals surface area contributed by atoms with Crippen LogP contribution in [-0.4, -0.2) is 60.0 Å². The van der Waals surface area contributed by atoms with Crippen molar-refractivity contribution in [2.75, 3.05) is 26.3 Å². The van der Waals surface area contributed by atoms with E-state index in [1.54, 1.807) is 30.0 Å². The average Bonchev–Trinajstić information content (AvgIpc) is 3.46. The quantitative estimate of drug-likeness (QED) is 0.677. The van der Waals surface area contributed by atoms with Gasteiger partial charge < -0.3 is 24.2 Å². The summed E-state index contributed by atoms with van der Waals surface area (Å²) in [6, 6.07) is 14.2. The van der Waals surface area contributed by atoms with E-state index in [1.807, 2.05) is 30.3 Å². The zero-order chi connectivity index (χ0) is 22.1. The van der Waals surface area contributed by atoms with Crippen molar-refractivity contribution in [3.63, 3.8) is 0 Å². The summed E-state index contributed by atoms with van der Waals surface area (Å²) in [5.41, 5.74) is 2.00. The average molecular weight is 435 g/mol. The lowest BCUT2D eigenvalue weighted by Gasteiger charge is -2.38. The largest absolute Gasteiger partial charge is 0.355 e. The first-order valence-corrected chi connectivity index (χ1v) is 10.9. The molecule has 2 fully saturated rings. The zero-order valence-electron chi connectivity index (χ0n) is 17.9. The van der Waals surface area contributed by atoms with Crippen LogP contribution in [0.25, 0.3) is 22.2 Å². The van der Waals surface area contributed by atoms with Gasteiger partial charge in [0.05, 0.1) is 18.6 Å². The third kappa shape index (κ3) is 3.87. The van der Waals surface area contributed by atoms with Crippen LogP contribution in [0.4, 0.5) is 0 Å². The van der Waals surface area contributed by atoms with Gasteiger partial charge in [0, 0.05) is 37.1 Å². The maximum absolute atomic E-state index is 12.9. The molecule has 32 heavy (non-hydrogen) atoms. The Labute approximate surface area is 185 Å². The summed E-state index contributed by atoms with van der Waals surface area (Å²) < 4.78 is 17.0. The van der Waals surface area contributed by atoms with Crippen molar-refractivity contribution < 1.29 is 23.6 Å². The van der Waals surface area contributed by atoms with Crippen LogP contribution in [0, 0.1) is 0 Å². The highest BCUT2D eigenvalue weighted by Crippen LogP contribution is 2.32. The first-order valence-electron chi connectivity index (χ1n) is 10.9. The molecule has 0 unspecified atom stereocenters. The second-order valence-corrected chi connectivity index (χ2v) is 8.24. The Bertz CT molecular complexity index is 1130. The summed E-state index contributed by atoms with van der Waals surface area (Å²) in [4.78, 5) is 27.5. The number of carbonyl (C=O) groups is 2. The molecule has 2 aliphatic rings. The van der Waals surface area contributed by atoms with E-state index in [2.05, 4.69) is 10.5 Å². The van der Waals surface area contributed by atoms with Crippen molar-refractivity contribution in [1.82, 2.24) is 15.4 Å². The molecular formula is C24H25N3O5. The SMILES string of the molecule is C[C@H](NC(=O)c1ccc2noc(-c3ccccc3)c2c1)C(=O)N1CCC2(CC1)OCCO2. The molecule has 8 heteroatoms. The highest BCUT2D eigenvalue weighted by molar-refractivity contribution is 6.02. The fourth-order valence-electron chi connectivity index (χ4n) is 4.35. The van der Waals surface area contributed by atoms with Crippen LogP contribution >= 0.6 is 0 Å². The maximum atomic E-state index is 12.9. The lowest BCUT2D eigenvalue weighted by Crippen LogP contribution is -2.52. The maximum Gasteiger partial charge on any atom is 0.251 e. The Morgan fingerprint density at radius 3 is 2.50 bits per heavy atom. The van der Waals surface area contributed by atoms with Gasteiger partial charge in [0.2, 0.25) is 5.91 Å². The second-order valence-electron chi connectivity index (χ2n) is 8.24. The molecule has 3 aromatic rings. The van der Waals surface area contributed by atoms with Crippen LogP contribution in [0.15, 0.2) is 53.1 Å². The minimum atomic E-state index is -0.645. The van der Waals surface area contributed by atoms with Gasteiger partial charge in [0.1, 0.15) is 11.6 Å². The van der Waals surface area contributed by atoms with Gasteiger partial charge in [-0.25, -0.2) is 0 Å². The standard InChI is InChI=1S/C24H25N3O5/c1-16(23(29)27-11-9-24(10-12-27)30-13-14-31-24)25-22(28)18-7-8-20-19(15-18)21(32-26-20)17-5-3-2-4-6-17/h2-8,15-16H,9-14H2,1H3,(H,25,28)/t16-/m0/s1. The topological polar surface area (TPSA) is 93.9 Å². The zero-order valence-corrected chi connectivity index (χ0v) is 17.9. The van der Waals surface area contributed by atoms with Gasteiger partial charge in [-0.2, -0.15) is 0 Å². The van der Waals surface area contributed by atoms with Gasteiger partial charge in [0.25, 0.3) is 5.91 Å². The van der Waals surface area contributed by atoms with Crippen LogP contribution < -0.4 is 5.32 Å². The van der Waals surface area contributed by atoms with E-state index < -0.39 is 11.8 Å². The van der Waals surface area contributed by atoms with E-state index in [9.17, 15) is 9.59 Å². The summed E-state index contributed by atoms with van der Waals surface area (Å²) in [6.45, 7) is 4.00. The van der Waals surface area contributed by atoms with Gasteiger partial charge in [0.15, 0.2) is 11.5 Å². The van der Waals surface area contributed by atoms with Gasteiger partial charge in [-0.15, -0.1) is 0 Å². The third-order valence-electron chi connectivity index (χ3n) is 6.14. The van der Waals surface area contributed by atoms with Crippen molar-refractivity contribution in [3.05, 3.63) is 54.1 Å². The van der Waals surface area contributed by atoms with E-state index in [0.717, 1.165) is 10.9 Å². The van der Waals surface area contributed by atoms with Gasteiger partial charge >= 0.3 is 0 Å². The van der Waals surface area contributed by atoms with E-state index in [4.69, 9.17) is 14.0 Å². The molecule has 1 spiro atoms. The van der Waals surface area contributed by atoms with Crippen LogP contribution in [0.5, 0.6) is 0 Å². The molecule has 2 saturated heterocycles. The molecule has 5 rings (SSSR count). The Morgan fingerprint density at radius 1 is 1.06 bits per heavy atom. The first-order chi connectivity index (χ1) is 15.5. The molecule has 1 N–H and O–H groups in total. The number of amides is 2. The second kappa shape index (κ2) is 8.37. The third-order valence-corrected chi connectivity index (χ3v) is 6.14. The minimum absolute atomic E-state index is 0.109. The molecule has 3 heterocycles. The molecule has 0 saturated carbocycles.